The van der Waals surface area contributed by atoms with Gasteiger partial charge in [0.05, 0.1) is 12.2 Å². The van der Waals surface area contributed by atoms with Crippen molar-refractivity contribution < 1.29 is 23.0 Å². The van der Waals surface area contributed by atoms with Crippen LogP contribution in [-0.4, -0.2) is 28.6 Å². The number of rotatable bonds is 13. The number of nitrogens with zero attached hydrogens (tertiary/aromatic N) is 2. The van der Waals surface area contributed by atoms with E-state index in [4.69, 9.17) is 9.47 Å². The van der Waals surface area contributed by atoms with Gasteiger partial charge < -0.3 is 9.47 Å². The third kappa shape index (κ3) is 7.56. The molecule has 1 aromatic heterocycles. The highest BCUT2D eigenvalue weighted by atomic mass is 19.2. The topological polar surface area (TPSA) is 61.3 Å². The summed E-state index contributed by atoms with van der Waals surface area (Å²) in [5.41, 5.74) is 0.914. The van der Waals surface area contributed by atoms with E-state index >= 15 is 0 Å². The highest BCUT2D eigenvalue weighted by Gasteiger charge is 2.22. The molecular formula is C24H32F2N2O3. The predicted molar refractivity (Wildman–Crippen MR) is 116 cm³/mol. The third-order valence-electron chi connectivity index (χ3n) is 4.98. The molecule has 31 heavy (non-hydrogen) atoms. The minimum Gasteiger partial charge on any atom is -0.476 e. The van der Waals surface area contributed by atoms with Crippen LogP contribution in [0.5, 0.6) is 5.75 Å². The molecule has 0 saturated heterocycles. The summed E-state index contributed by atoms with van der Waals surface area (Å²) in [5, 5.41) is 0. The van der Waals surface area contributed by atoms with Crippen molar-refractivity contribution in [1.82, 2.24) is 9.97 Å². The first-order valence-electron chi connectivity index (χ1n) is 11.1. The van der Waals surface area contributed by atoms with E-state index in [1.165, 1.54) is 51.2 Å². The van der Waals surface area contributed by atoms with Gasteiger partial charge in [0.2, 0.25) is 5.82 Å². The van der Waals surface area contributed by atoms with Crippen LogP contribution in [0.15, 0.2) is 24.5 Å². The number of benzene rings is 1. The van der Waals surface area contributed by atoms with E-state index in [1.54, 1.807) is 19.3 Å². The Morgan fingerprint density at radius 2 is 1.61 bits per heavy atom. The highest BCUT2D eigenvalue weighted by Crippen LogP contribution is 2.28. The Morgan fingerprint density at radius 3 is 2.26 bits per heavy atom. The number of hydrogen-bond donors (Lipinski definition) is 0. The van der Waals surface area contributed by atoms with E-state index in [0.717, 1.165) is 24.8 Å². The largest absolute Gasteiger partial charge is 0.476 e. The maximum atomic E-state index is 14.6. The van der Waals surface area contributed by atoms with E-state index in [9.17, 15) is 13.6 Å². The minimum atomic E-state index is -1.19. The maximum Gasteiger partial charge on any atom is 0.347 e. The summed E-state index contributed by atoms with van der Waals surface area (Å²) in [7, 11) is 0. The molecule has 0 spiro atoms. The molecule has 0 radical (unpaired) electrons. The molecule has 0 N–H and O–H groups in total. The Balaban J connectivity index is 1.95. The van der Waals surface area contributed by atoms with Crippen molar-refractivity contribution in [2.75, 3.05) is 6.61 Å². The predicted octanol–water partition coefficient (Wildman–Crippen LogP) is 6.05. The van der Waals surface area contributed by atoms with Gasteiger partial charge in [0.15, 0.2) is 23.5 Å². The second-order valence-electron chi connectivity index (χ2n) is 7.54. The lowest BCUT2D eigenvalue weighted by atomic mass is 10.1. The smallest absolute Gasteiger partial charge is 0.347 e. The Labute approximate surface area is 183 Å². The monoisotopic (exact) mass is 434 g/mol. The molecule has 1 atom stereocenters. The number of ether oxygens (including phenoxy) is 2. The average molecular weight is 435 g/mol. The zero-order chi connectivity index (χ0) is 22.6. The van der Waals surface area contributed by atoms with E-state index in [0.29, 0.717) is 0 Å². The Kier molecular flexibility index (Phi) is 10.3. The van der Waals surface area contributed by atoms with Crippen LogP contribution >= 0.6 is 0 Å². The molecule has 7 heteroatoms. The van der Waals surface area contributed by atoms with Crippen LogP contribution in [0.4, 0.5) is 8.78 Å². The van der Waals surface area contributed by atoms with Gasteiger partial charge in [0, 0.05) is 12.4 Å². The molecule has 2 rings (SSSR count). The number of hydrogen-bond acceptors (Lipinski definition) is 5. The Morgan fingerprint density at radius 1 is 0.968 bits per heavy atom. The van der Waals surface area contributed by atoms with Crippen LogP contribution in [0, 0.1) is 11.6 Å². The first-order chi connectivity index (χ1) is 15.0. The number of unbranched alkanes of at least 4 members (excludes halogenated alkanes) is 6. The third-order valence-corrected chi connectivity index (χ3v) is 4.98. The summed E-state index contributed by atoms with van der Waals surface area (Å²) in [6, 6.07) is 2.61. The normalized spacial score (nSPS) is 11.9. The molecule has 0 saturated carbocycles. The first kappa shape index (κ1) is 24.7. The molecule has 2 aromatic rings. The van der Waals surface area contributed by atoms with Crippen LogP contribution in [0.3, 0.4) is 0 Å². The molecule has 0 bridgehead atoms. The van der Waals surface area contributed by atoms with Gasteiger partial charge in [-0.2, -0.15) is 4.39 Å². The summed E-state index contributed by atoms with van der Waals surface area (Å²) < 4.78 is 39.0. The minimum absolute atomic E-state index is 0.0592. The van der Waals surface area contributed by atoms with Crippen molar-refractivity contribution in [2.24, 2.45) is 0 Å². The van der Waals surface area contributed by atoms with Gasteiger partial charge >= 0.3 is 5.97 Å². The van der Waals surface area contributed by atoms with Crippen LogP contribution in [0.25, 0.3) is 11.4 Å². The van der Waals surface area contributed by atoms with E-state index in [1.807, 2.05) is 0 Å². The molecule has 0 aliphatic carbocycles. The molecular weight excluding hydrogens is 402 g/mol. The van der Waals surface area contributed by atoms with Crippen molar-refractivity contribution in [3.63, 3.8) is 0 Å². The summed E-state index contributed by atoms with van der Waals surface area (Å²) in [6.07, 6.45) is 11.7. The zero-order valence-corrected chi connectivity index (χ0v) is 18.6. The second-order valence-corrected chi connectivity index (χ2v) is 7.54. The molecule has 1 aromatic carbocycles. The van der Waals surface area contributed by atoms with E-state index < -0.39 is 23.7 Å². The van der Waals surface area contributed by atoms with Crippen molar-refractivity contribution in [1.29, 1.82) is 0 Å². The van der Waals surface area contributed by atoms with E-state index in [2.05, 4.69) is 16.9 Å². The van der Waals surface area contributed by atoms with Gasteiger partial charge in [0.1, 0.15) is 0 Å². The quantitative estimate of drug-likeness (QED) is 0.284. The summed E-state index contributed by atoms with van der Waals surface area (Å²) in [4.78, 5) is 20.0. The average Bonchev–Trinajstić information content (AvgIpc) is 2.77. The molecule has 170 valence electrons. The van der Waals surface area contributed by atoms with Gasteiger partial charge in [-0.15, -0.1) is 0 Å². The molecule has 5 nitrogen and oxygen atoms in total. The standard InChI is InChI=1S/C24H32F2N2O3/c1-4-6-7-8-9-10-11-12-18-15-27-23(28-16-18)19-13-14-20(22(26)21(19)25)31-17(3)24(29)30-5-2/h13-17H,4-12H2,1-3H3. The summed E-state index contributed by atoms with van der Waals surface area (Å²) in [5.74, 6) is -3.22. The summed E-state index contributed by atoms with van der Waals surface area (Å²) in [6.45, 7) is 5.45. The Hall–Kier alpha value is -2.57. The van der Waals surface area contributed by atoms with Gasteiger partial charge in [-0.05, 0) is 44.4 Å². The van der Waals surface area contributed by atoms with Gasteiger partial charge in [-0.3, -0.25) is 0 Å². The van der Waals surface area contributed by atoms with Gasteiger partial charge in [-0.25, -0.2) is 19.2 Å². The number of carbonyl (C=O) groups excluding carboxylic acids is 1. The lowest BCUT2D eigenvalue weighted by molar-refractivity contribution is -0.150. The number of aromatic nitrogens is 2. The lowest BCUT2D eigenvalue weighted by Crippen LogP contribution is -2.26. The van der Waals surface area contributed by atoms with Crippen molar-refractivity contribution in [2.45, 2.75) is 78.2 Å². The highest BCUT2D eigenvalue weighted by molar-refractivity contribution is 5.74. The molecule has 0 fully saturated rings. The molecule has 1 unspecified atom stereocenters. The lowest BCUT2D eigenvalue weighted by Gasteiger charge is -2.15. The van der Waals surface area contributed by atoms with Crippen LogP contribution in [0.2, 0.25) is 0 Å². The number of halogens is 2. The maximum absolute atomic E-state index is 14.6. The molecule has 0 amide bonds. The van der Waals surface area contributed by atoms with Crippen LogP contribution in [-0.2, 0) is 16.0 Å². The van der Waals surface area contributed by atoms with Crippen LogP contribution in [0.1, 0.15) is 71.3 Å². The number of aryl methyl sites for hydroxylation is 1. The SMILES string of the molecule is CCCCCCCCCc1cnc(-c2ccc(OC(C)C(=O)OCC)c(F)c2F)nc1. The van der Waals surface area contributed by atoms with Gasteiger partial charge in [0.25, 0.3) is 0 Å². The number of esters is 1. The van der Waals surface area contributed by atoms with Crippen LogP contribution < -0.4 is 4.74 Å². The Bertz CT molecular complexity index is 828. The fourth-order valence-electron chi connectivity index (χ4n) is 3.20. The fourth-order valence-corrected chi connectivity index (χ4v) is 3.20. The van der Waals surface area contributed by atoms with Crippen molar-refractivity contribution >= 4 is 5.97 Å². The molecule has 0 aliphatic rings. The zero-order valence-electron chi connectivity index (χ0n) is 18.6. The first-order valence-corrected chi connectivity index (χ1v) is 11.1. The molecule has 0 aliphatic heterocycles. The molecule has 1 heterocycles. The van der Waals surface area contributed by atoms with Gasteiger partial charge in [-0.1, -0.05) is 45.4 Å². The van der Waals surface area contributed by atoms with Crippen molar-refractivity contribution in [3.8, 4) is 17.1 Å². The fraction of sp³-hybridized carbons (Fsp3) is 0.542. The van der Waals surface area contributed by atoms with E-state index in [-0.39, 0.29) is 23.7 Å². The number of carbonyl (C=O) groups is 1. The van der Waals surface area contributed by atoms with Crippen molar-refractivity contribution in [3.05, 3.63) is 41.7 Å². The summed E-state index contributed by atoms with van der Waals surface area (Å²) >= 11 is 0. The second kappa shape index (κ2) is 13.0.